The quantitative estimate of drug-likeness (QED) is 0.735. The zero-order chi connectivity index (χ0) is 14.8. The zero-order valence-corrected chi connectivity index (χ0v) is 12.4. The fourth-order valence-corrected chi connectivity index (χ4v) is 2.41. The Hall–Kier alpha value is -2.43. The third-order valence-electron chi connectivity index (χ3n) is 3.27. The van der Waals surface area contributed by atoms with E-state index in [1.54, 1.807) is 0 Å². The number of hydrogen-bond donors (Lipinski definition) is 0. The first-order valence-electron chi connectivity index (χ1n) is 7.13. The lowest BCUT2D eigenvalue weighted by molar-refractivity contribution is 0.330. The molecule has 0 aliphatic carbocycles. The largest absolute Gasteiger partial charge is 0.476 e. The molecule has 0 atom stereocenters. The minimum atomic E-state index is 0.245. The van der Waals surface area contributed by atoms with E-state index in [1.165, 1.54) is 6.33 Å². The van der Waals surface area contributed by atoms with Crippen LogP contribution in [0.15, 0.2) is 36.7 Å². The van der Waals surface area contributed by atoms with Crippen molar-refractivity contribution in [2.75, 3.05) is 6.61 Å². The average Bonchev–Trinajstić information content (AvgIpc) is 2.89. The molecule has 1 aromatic carbocycles. The summed E-state index contributed by atoms with van der Waals surface area (Å²) in [6.45, 7) is 6.73. The number of hydrogen-bond acceptors (Lipinski definition) is 4. The molecule has 108 valence electrons. The second kappa shape index (κ2) is 5.52. The van der Waals surface area contributed by atoms with Crippen molar-refractivity contribution in [1.82, 2.24) is 19.5 Å². The van der Waals surface area contributed by atoms with Crippen molar-refractivity contribution in [1.29, 1.82) is 0 Å². The van der Waals surface area contributed by atoms with E-state index >= 15 is 0 Å². The summed E-state index contributed by atoms with van der Waals surface area (Å²) in [4.78, 5) is 13.3. The van der Waals surface area contributed by atoms with Crippen molar-refractivity contribution in [3.8, 4) is 17.3 Å². The maximum atomic E-state index is 5.58. The van der Waals surface area contributed by atoms with Gasteiger partial charge in [-0.1, -0.05) is 30.3 Å². The molecular weight excluding hydrogens is 264 g/mol. The summed E-state index contributed by atoms with van der Waals surface area (Å²) >= 11 is 0. The van der Waals surface area contributed by atoms with E-state index in [0.29, 0.717) is 18.0 Å². The highest BCUT2D eigenvalue weighted by atomic mass is 16.5. The highest BCUT2D eigenvalue weighted by Crippen LogP contribution is 2.30. The summed E-state index contributed by atoms with van der Waals surface area (Å²) in [5.74, 6) is 1.43. The summed E-state index contributed by atoms with van der Waals surface area (Å²) < 4.78 is 7.70. The van der Waals surface area contributed by atoms with E-state index in [9.17, 15) is 0 Å². The van der Waals surface area contributed by atoms with Crippen molar-refractivity contribution in [3.63, 3.8) is 0 Å². The van der Waals surface area contributed by atoms with Crippen molar-refractivity contribution in [3.05, 3.63) is 36.7 Å². The third-order valence-corrected chi connectivity index (χ3v) is 3.27. The molecule has 21 heavy (non-hydrogen) atoms. The first-order chi connectivity index (χ1) is 10.2. The maximum Gasteiger partial charge on any atom is 0.245 e. The lowest BCUT2D eigenvalue weighted by atomic mass is 10.2. The molecule has 0 saturated heterocycles. The van der Waals surface area contributed by atoms with Gasteiger partial charge in [0.15, 0.2) is 11.2 Å². The van der Waals surface area contributed by atoms with E-state index < -0.39 is 0 Å². The summed E-state index contributed by atoms with van der Waals surface area (Å²) in [6.07, 6.45) is 1.53. The monoisotopic (exact) mass is 282 g/mol. The average molecular weight is 282 g/mol. The number of benzene rings is 1. The number of aromatic nitrogens is 4. The molecule has 2 heterocycles. The standard InChI is InChI=1S/C16H18N4O/c1-4-21-16-13-15(17-10-18-16)20(11(2)3)14(19-13)12-8-6-5-7-9-12/h5-11H,4H2,1-3H3. The Morgan fingerprint density at radius 2 is 1.90 bits per heavy atom. The van der Waals surface area contributed by atoms with Crippen LogP contribution in [0.4, 0.5) is 0 Å². The minimum absolute atomic E-state index is 0.245. The molecule has 0 fully saturated rings. The molecule has 0 aliphatic heterocycles. The lowest BCUT2D eigenvalue weighted by Gasteiger charge is -2.12. The van der Waals surface area contributed by atoms with E-state index in [4.69, 9.17) is 9.72 Å². The third kappa shape index (κ3) is 2.35. The van der Waals surface area contributed by atoms with Gasteiger partial charge in [-0.15, -0.1) is 0 Å². The van der Waals surface area contributed by atoms with E-state index in [1.807, 2.05) is 37.3 Å². The number of nitrogens with zero attached hydrogens (tertiary/aromatic N) is 4. The molecule has 2 aromatic heterocycles. The molecule has 3 rings (SSSR count). The van der Waals surface area contributed by atoms with Gasteiger partial charge < -0.3 is 9.30 Å². The molecule has 0 aliphatic rings. The van der Waals surface area contributed by atoms with Gasteiger partial charge in [-0.05, 0) is 20.8 Å². The number of ether oxygens (including phenoxy) is 1. The highest BCUT2D eigenvalue weighted by molar-refractivity contribution is 5.81. The summed E-state index contributed by atoms with van der Waals surface area (Å²) in [7, 11) is 0. The predicted octanol–water partition coefficient (Wildman–Crippen LogP) is 3.47. The van der Waals surface area contributed by atoms with Gasteiger partial charge in [0.05, 0.1) is 6.61 Å². The van der Waals surface area contributed by atoms with Crippen LogP contribution in [0.5, 0.6) is 5.88 Å². The Balaban J connectivity index is 2.29. The molecule has 5 heteroatoms. The van der Waals surface area contributed by atoms with Crippen molar-refractivity contribution < 1.29 is 4.74 Å². The Bertz CT molecular complexity index is 750. The Morgan fingerprint density at radius 3 is 2.57 bits per heavy atom. The molecule has 0 radical (unpaired) electrons. The van der Waals surface area contributed by atoms with Crippen LogP contribution in [-0.2, 0) is 0 Å². The van der Waals surface area contributed by atoms with Crippen LogP contribution in [0.25, 0.3) is 22.6 Å². The number of fused-ring (bicyclic) bond motifs is 1. The number of rotatable bonds is 4. The number of imidazole rings is 1. The van der Waals surface area contributed by atoms with Gasteiger partial charge in [-0.2, -0.15) is 4.98 Å². The first-order valence-corrected chi connectivity index (χ1v) is 7.13. The second-order valence-electron chi connectivity index (χ2n) is 5.05. The topological polar surface area (TPSA) is 52.8 Å². The summed E-state index contributed by atoms with van der Waals surface area (Å²) in [5.41, 5.74) is 2.58. The zero-order valence-electron chi connectivity index (χ0n) is 12.4. The van der Waals surface area contributed by atoms with Crippen LogP contribution in [0, 0.1) is 0 Å². The van der Waals surface area contributed by atoms with E-state index in [2.05, 4.69) is 28.4 Å². The van der Waals surface area contributed by atoms with Crippen LogP contribution < -0.4 is 4.74 Å². The fraction of sp³-hybridized carbons (Fsp3) is 0.312. The Kier molecular flexibility index (Phi) is 3.56. The van der Waals surface area contributed by atoms with Crippen LogP contribution >= 0.6 is 0 Å². The molecule has 3 aromatic rings. The smallest absolute Gasteiger partial charge is 0.245 e. The van der Waals surface area contributed by atoms with Gasteiger partial charge >= 0.3 is 0 Å². The molecule has 0 saturated carbocycles. The van der Waals surface area contributed by atoms with Crippen LogP contribution in [-0.4, -0.2) is 26.1 Å². The molecular formula is C16H18N4O. The molecule has 5 nitrogen and oxygen atoms in total. The SMILES string of the molecule is CCOc1ncnc2c1nc(-c1ccccc1)n2C(C)C. The summed E-state index contributed by atoms with van der Waals surface area (Å²) in [5, 5.41) is 0. The van der Waals surface area contributed by atoms with E-state index in [-0.39, 0.29) is 6.04 Å². The van der Waals surface area contributed by atoms with Crippen LogP contribution in [0.2, 0.25) is 0 Å². The summed E-state index contributed by atoms with van der Waals surface area (Å²) in [6, 6.07) is 10.4. The van der Waals surface area contributed by atoms with Gasteiger partial charge in [0, 0.05) is 11.6 Å². The van der Waals surface area contributed by atoms with Crippen molar-refractivity contribution >= 4 is 11.2 Å². The maximum absolute atomic E-state index is 5.58. The fourth-order valence-electron chi connectivity index (χ4n) is 2.41. The molecule has 0 bridgehead atoms. The van der Waals surface area contributed by atoms with Crippen molar-refractivity contribution in [2.45, 2.75) is 26.8 Å². The van der Waals surface area contributed by atoms with Gasteiger partial charge in [0.1, 0.15) is 12.2 Å². The van der Waals surface area contributed by atoms with Gasteiger partial charge in [0.2, 0.25) is 5.88 Å². The van der Waals surface area contributed by atoms with Gasteiger partial charge in [-0.25, -0.2) is 9.97 Å². The lowest BCUT2D eigenvalue weighted by Crippen LogP contribution is -2.04. The van der Waals surface area contributed by atoms with E-state index in [0.717, 1.165) is 17.0 Å². The van der Waals surface area contributed by atoms with Gasteiger partial charge in [-0.3, -0.25) is 0 Å². The normalized spacial score (nSPS) is 11.2. The van der Waals surface area contributed by atoms with Gasteiger partial charge in [0.25, 0.3) is 0 Å². The molecule has 0 spiro atoms. The van der Waals surface area contributed by atoms with Crippen molar-refractivity contribution in [2.24, 2.45) is 0 Å². The van der Waals surface area contributed by atoms with Crippen LogP contribution in [0.3, 0.4) is 0 Å². The second-order valence-corrected chi connectivity index (χ2v) is 5.05. The van der Waals surface area contributed by atoms with Crippen LogP contribution in [0.1, 0.15) is 26.8 Å². The first kappa shape index (κ1) is 13.5. The molecule has 0 unspecified atom stereocenters. The predicted molar refractivity (Wildman–Crippen MR) is 82.3 cm³/mol. The minimum Gasteiger partial charge on any atom is -0.476 e. The highest BCUT2D eigenvalue weighted by Gasteiger charge is 2.19. The molecule has 0 amide bonds. The molecule has 0 N–H and O–H groups in total. The Labute approximate surface area is 123 Å². The Morgan fingerprint density at radius 1 is 1.14 bits per heavy atom.